The molecule has 2 aliphatic rings. The van der Waals surface area contributed by atoms with Crippen molar-refractivity contribution < 1.29 is 40.6 Å². The third-order valence-corrected chi connectivity index (χ3v) is 1.65. The van der Waals surface area contributed by atoms with Gasteiger partial charge in [0.15, 0.2) is 0 Å². The Morgan fingerprint density at radius 2 is 0.769 bits per heavy atom. The monoisotopic (exact) mass is 230 g/mol. The maximum absolute atomic E-state index is 4.94. The number of rotatable bonds is 0. The average Bonchev–Trinajstić information content (AvgIpc) is 2.67. The maximum Gasteiger partial charge on any atom is 2.00 e. The van der Waals surface area contributed by atoms with E-state index in [0.717, 1.165) is 26.4 Å². The summed E-state index contributed by atoms with van der Waals surface area (Å²) in [6.45, 7) is 4.00. The maximum atomic E-state index is 4.94. The predicted octanol–water partition coefficient (Wildman–Crippen LogP) is -4.40. The molecule has 2 rings (SSSR count). The van der Waals surface area contributed by atoms with Gasteiger partial charge in [-0.05, 0) is 25.7 Å². The second-order valence-electron chi connectivity index (χ2n) is 2.64. The Hall–Kier alpha value is 0.494. The van der Waals surface area contributed by atoms with Crippen LogP contribution in [0.5, 0.6) is 0 Å². The molecule has 2 nitrogen and oxygen atoms in total. The van der Waals surface area contributed by atoms with Crippen molar-refractivity contribution >= 4 is 0 Å². The molecule has 0 saturated carbocycles. The van der Waals surface area contributed by atoms with Crippen molar-refractivity contribution in [1.29, 1.82) is 0 Å². The molecule has 0 N–H and O–H groups in total. The van der Waals surface area contributed by atoms with Gasteiger partial charge in [-0.25, -0.2) is 0 Å². The molecule has 0 atom stereocenters. The fourth-order valence-corrected chi connectivity index (χ4v) is 1.02. The Morgan fingerprint density at radius 3 is 0.846 bits per heavy atom. The molecule has 2 fully saturated rings. The molecule has 0 aromatic carbocycles. The van der Waals surface area contributed by atoms with Crippen LogP contribution in [0.25, 0.3) is 0 Å². The first-order valence-electron chi connectivity index (χ1n) is 4.15. The van der Waals surface area contributed by atoms with Crippen molar-refractivity contribution in [2.24, 2.45) is 0 Å². The molecule has 0 spiro atoms. The fourth-order valence-electron chi connectivity index (χ4n) is 1.02. The Morgan fingerprint density at radius 1 is 0.538 bits per heavy atom. The van der Waals surface area contributed by atoms with Crippen LogP contribution in [0.2, 0.25) is 0 Å². The summed E-state index contributed by atoms with van der Waals surface area (Å²) in [6, 6.07) is 0. The van der Waals surface area contributed by atoms with Gasteiger partial charge in [-0.2, -0.15) is 0 Å². The van der Waals surface area contributed by atoms with Gasteiger partial charge in [0.05, 0.1) is 0 Å². The van der Waals surface area contributed by atoms with Crippen molar-refractivity contribution in [3.05, 3.63) is 0 Å². The summed E-state index contributed by atoms with van der Waals surface area (Å²) >= 11 is 0. The minimum Gasteiger partial charge on any atom is -1.00 e. The average molecular weight is 230 g/mol. The van der Waals surface area contributed by atoms with E-state index in [1.807, 2.05) is 0 Å². The molecule has 2 aliphatic heterocycles. The van der Waals surface area contributed by atoms with Gasteiger partial charge in [0, 0.05) is 26.4 Å². The van der Waals surface area contributed by atoms with Crippen molar-refractivity contribution in [2.45, 2.75) is 25.7 Å². The summed E-state index contributed by atoms with van der Waals surface area (Å²) in [7, 11) is 0. The summed E-state index contributed by atoms with van der Waals surface area (Å²) < 4.78 is 9.89. The topological polar surface area (TPSA) is 18.5 Å². The van der Waals surface area contributed by atoms with Crippen LogP contribution in [-0.2, 0) is 31.2 Å². The fraction of sp³-hybridized carbons (Fsp3) is 1.00. The first kappa shape index (κ1) is 19.1. The molecule has 0 aliphatic carbocycles. The Balaban J connectivity index is -0.000000125. The van der Waals surface area contributed by atoms with Crippen molar-refractivity contribution in [3.8, 4) is 0 Å². The van der Waals surface area contributed by atoms with Gasteiger partial charge in [0.2, 0.25) is 0 Å². The second-order valence-corrected chi connectivity index (χ2v) is 2.64. The Kier molecular flexibility index (Phi) is 22.1. The van der Waals surface area contributed by atoms with E-state index < -0.39 is 0 Å². The molecule has 2 saturated heterocycles. The predicted molar refractivity (Wildman–Crippen MR) is 40.1 cm³/mol. The molecule has 0 aromatic rings. The van der Waals surface area contributed by atoms with E-state index in [0.29, 0.717) is 0 Å². The van der Waals surface area contributed by atoms with E-state index in [1.165, 1.54) is 25.7 Å². The molecule has 0 radical (unpaired) electrons. The third-order valence-electron chi connectivity index (χ3n) is 1.65. The van der Waals surface area contributed by atoms with Crippen LogP contribution < -0.4 is 9.41 Å². The van der Waals surface area contributed by atoms with Gasteiger partial charge in [-0.15, -0.1) is 0 Å². The second kappa shape index (κ2) is 15.0. The van der Waals surface area contributed by atoms with E-state index in [2.05, 4.69) is 0 Å². The van der Waals surface area contributed by atoms with Gasteiger partial charge in [-0.3, -0.25) is 0 Å². The number of ether oxygens (including phenoxy) is 2. The van der Waals surface area contributed by atoms with Crippen molar-refractivity contribution in [1.82, 2.24) is 0 Å². The van der Waals surface area contributed by atoms with Gasteiger partial charge in [0.25, 0.3) is 0 Å². The smallest absolute Gasteiger partial charge is 1.00 e. The number of hydrogen-bond acceptors (Lipinski definition) is 2. The summed E-state index contributed by atoms with van der Waals surface area (Å²) in [4.78, 5) is 0. The number of halogens is 2. The molecule has 0 aromatic heterocycles. The molecule has 13 heavy (non-hydrogen) atoms. The molecular weight excluding hydrogens is 214 g/mol. The third kappa shape index (κ3) is 12.5. The van der Waals surface area contributed by atoms with Gasteiger partial charge >= 0.3 is 21.7 Å². The summed E-state index contributed by atoms with van der Waals surface area (Å²) in [5.41, 5.74) is 0. The van der Waals surface area contributed by atoms with Crippen LogP contribution in [0.4, 0.5) is 0 Å². The first-order chi connectivity index (χ1) is 5.00. The molecule has 0 amide bonds. The summed E-state index contributed by atoms with van der Waals surface area (Å²) in [5.74, 6) is 0. The van der Waals surface area contributed by atoms with Crippen molar-refractivity contribution in [3.63, 3.8) is 0 Å². The standard InChI is InChI=1S/2C4H8O.2FH.Ti/c2*1-2-4-5-3-1;;;/h2*1-4H2;2*1H;/q;;;;+2/p-2. The largest absolute Gasteiger partial charge is 2.00 e. The van der Waals surface area contributed by atoms with E-state index in [1.54, 1.807) is 0 Å². The van der Waals surface area contributed by atoms with E-state index in [-0.39, 0.29) is 31.1 Å². The molecule has 78 valence electrons. The van der Waals surface area contributed by atoms with Gasteiger partial charge in [0.1, 0.15) is 0 Å². The minimum absolute atomic E-state index is 0. The molecule has 2 heterocycles. The Labute approximate surface area is 93.0 Å². The normalized spacial score (nSPS) is 18.5. The van der Waals surface area contributed by atoms with Crippen LogP contribution in [0, 0.1) is 0 Å². The number of hydrogen-bond donors (Lipinski definition) is 0. The van der Waals surface area contributed by atoms with Crippen LogP contribution in [0.1, 0.15) is 25.7 Å². The van der Waals surface area contributed by atoms with Crippen LogP contribution >= 0.6 is 0 Å². The van der Waals surface area contributed by atoms with Crippen LogP contribution in [0.15, 0.2) is 0 Å². The molecule has 0 unspecified atom stereocenters. The zero-order valence-electron chi connectivity index (χ0n) is 7.73. The van der Waals surface area contributed by atoms with Crippen molar-refractivity contribution in [2.75, 3.05) is 26.4 Å². The molecule has 5 heteroatoms. The van der Waals surface area contributed by atoms with E-state index in [4.69, 9.17) is 9.47 Å². The van der Waals surface area contributed by atoms with E-state index in [9.17, 15) is 0 Å². The molecular formula is C8H16F2O2Ti. The first-order valence-corrected chi connectivity index (χ1v) is 4.15. The quantitative estimate of drug-likeness (QED) is 0.391. The summed E-state index contributed by atoms with van der Waals surface area (Å²) in [5, 5.41) is 0. The Bertz CT molecular complexity index is 53.3. The minimum atomic E-state index is 0. The van der Waals surface area contributed by atoms with Gasteiger partial charge in [-0.1, -0.05) is 0 Å². The van der Waals surface area contributed by atoms with Crippen LogP contribution in [0.3, 0.4) is 0 Å². The van der Waals surface area contributed by atoms with E-state index >= 15 is 0 Å². The van der Waals surface area contributed by atoms with Gasteiger partial charge < -0.3 is 18.9 Å². The zero-order valence-corrected chi connectivity index (χ0v) is 9.29. The molecule has 0 bridgehead atoms. The zero-order chi connectivity index (χ0) is 7.07. The van der Waals surface area contributed by atoms with Crippen LogP contribution in [-0.4, -0.2) is 26.4 Å². The summed E-state index contributed by atoms with van der Waals surface area (Å²) in [6.07, 6.45) is 5.11. The SMILES string of the molecule is C1CCOC1.C1CCOC1.[F-].[F-].[Ti+2].